The molecule has 2 fully saturated rings. The van der Waals surface area contributed by atoms with E-state index in [0.29, 0.717) is 43.5 Å². The SMILES string of the molecule is Cc1c(S(=O)(=O)N2C3CCC2CC(O)(CO)C3)c2n(c1C(=O)Nc1cc(F)nc(C#N)c1)CCC2. The van der Waals surface area contributed by atoms with E-state index in [-0.39, 0.29) is 34.8 Å². The maximum Gasteiger partial charge on any atom is 0.272 e. The fourth-order valence-corrected chi connectivity index (χ4v) is 8.39. The lowest BCUT2D eigenvalue weighted by Crippen LogP contribution is -2.54. The Bertz CT molecular complexity index is 1350. The number of hydrogen-bond acceptors (Lipinski definition) is 7. The molecule has 5 rings (SSSR count). The van der Waals surface area contributed by atoms with Crippen molar-refractivity contribution in [2.24, 2.45) is 0 Å². The van der Waals surface area contributed by atoms with Crippen molar-refractivity contribution in [3.05, 3.63) is 40.7 Å². The van der Waals surface area contributed by atoms with E-state index in [1.54, 1.807) is 17.6 Å². The van der Waals surface area contributed by atoms with Gasteiger partial charge >= 0.3 is 0 Å². The standard InChI is InChI=1S/C23H26FN5O5S/c1-13-20(22(31)27-14-7-15(11-25)26-19(24)8-14)28-6-2-3-18(28)21(13)35(33,34)29-16-4-5-17(29)10-23(32,9-16)12-30/h7-8,16-17,30,32H,2-6,9-10,12H2,1H3,(H,26,27,31). The van der Waals surface area contributed by atoms with Crippen LogP contribution in [0, 0.1) is 24.2 Å². The zero-order valence-corrected chi connectivity index (χ0v) is 20.0. The summed E-state index contributed by atoms with van der Waals surface area (Å²) < 4.78 is 44.9. The molecule has 35 heavy (non-hydrogen) atoms. The number of pyridine rings is 1. The summed E-state index contributed by atoms with van der Waals surface area (Å²) in [6, 6.07) is 3.13. The molecular weight excluding hydrogens is 477 g/mol. The normalized spacial score (nSPS) is 25.9. The van der Waals surface area contributed by atoms with E-state index in [1.807, 2.05) is 0 Å². The van der Waals surface area contributed by atoms with E-state index >= 15 is 0 Å². The number of nitrogens with one attached hydrogen (secondary N) is 1. The third-order valence-corrected chi connectivity index (χ3v) is 9.55. The Morgan fingerprint density at radius 3 is 2.66 bits per heavy atom. The van der Waals surface area contributed by atoms with Gasteiger partial charge in [0.15, 0.2) is 0 Å². The number of halogens is 1. The van der Waals surface area contributed by atoms with Crippen LogP contribution in [-0.2, 0) is 23.0 Å². The molecule has 3 aliphatic rings. The molecule has 186 valence electrons. The number of fused-ring (bicyclic) bond motifs is 3. The van der Waals surface area contributed by atoms with Crippen LogP contribution in [0.25, 0.3) is 0 Å². The fourth-order valence-electron chi connectivity index (χ4n) is 6.04. The van der Waals surface area contributed by atoms with Gasteiger partial charge in [-0.15, -0.1) is 0 Å². The van der Waals surface area contributed by atoms with Gasteiger partial charge < -0.3 is 20.1 Å². The van der Waals surface area contributed by atoms with E-state index in [0.717, 1.165) is 6.07 Å². The monoisotopic (exact) mass is 503 g/mol. The molecule has 3 aliphatic heterocycles. The molecule has 3 N–H and O–H groups in total. The van der Waals surface area contributed by atoms with Gasteiger partial charge in [-0.25, -0.2) is 13.4 Å². The second kappa shape index (κ2) is 8.37. The second-order valence-electron chi connectivity index (χ2n) is 9.64. The quantitative estimate of drug-likeness (QED) is 0.523. The molecule has 0 radical (unpaired) electrons. The lowest BCUT2D eigenvalue weighted by Gasteiger charge is -2.42. The first-order chi connectivity index (χ1) is 16.6. The number of hydrogen-bond donors (Lipinski definition) is 3. The lowest BCUT2D eigenvalue weighted by molar-refractivity contribution is -0.0663. The molecule has 2 bridgehead atoms. The summed E-state index contributed by atoms with van der Waals surface area (Å²) in [5.74, 6) is -1.51. The van der Waals surface area contributed by atoms with Crippen LogP contribution in [0.4, 0.5) is 10.1 Å². The summed E-state index contributed by atoms with van der Waals surface area (Å²) in [5, 5.41) is 31.8. The number of carbonyl (C=O) groups excluding carboxylic acids is 1. The molecular formula is C23H26FN5O5S. The van der Waals surface area contributed by atoms with Gasteiger partial charge in [0.25, 0.3) is 5.91 Å². The molecule has 1 amide bonds. The van der Waals surface area contributed by atoms with Crippen LogP contribution in [0.1, 0.15) is 59.5 Å². The highest BCUT2D eigenvalue weighted by molar-refractivity contribution is 7.89. The number of carbonyl (C=O) groups is 1. The topological polar surface area (TPSA) is 149 Å². The Morgan fingerprint density at radius 2 is 2.03 bits per heavy atom. The minimum Gasteiger partial charge on any atom is -0.393 e. The number of nitrogens with zero attached hydrogens (tertiary/aromatic N) is 4. The Hall–Kier alpha value is -2.85. The van der Waals surface area contributed by atoms with Gasteiger partial charge in [0, 0.05) is 41.6 Å². The molecule has 0 saturated carbocycles. The number of aromatic nitrogens is 2. The van der Waals surface area contributed by atoms with Crippen molar-refractivity contribution in [1.29, 1.82) is 5.26 Å². The molecule has 2 saturated heterocycles. The predicted octanol–water partition coefficient (Wildman–Crippen LogP) is 1.44. The van der Waals surface area contributed by atoms with E-state index in [1.165, 1.54) is 10.4 Å². The van der Waals surface area contributed by atoms with Crippen molar-refractivity contribution in [2.75, 3.05) is 11.9 Å². The number of amides is 1. The molecule has 2 aromatic rings. The number of aliphatic hydroxyl groups excluding tert-OH is 1. The number of piperidine rings is 1. The number of nitriles is 1. The minimum atomic E-state index is -3.99. The van der Waals surface area contributed by atoms with Crippen LogP contribution in [0.15, 0.2) is 17.0 Å². The van der Waals surface area contributed by atoms with Gasteiger partial charge in [-0.05, 0) is 51.5 Å². The third-order valence-electron chi connectivity index (χ3n) is 7.34. The van der Waals surface area contributed by atoms with E-state index < -0.39 is 46.2 Å². The van der Waals surface area contributed by atoms with E-state index in [4.69, 9.17) is 5.26 Å². The number of sulfonamides is 1. The summed E-state index contributed by atoms with van der Waals surface area (Å²) in [6.45, 7) is 1.65. The molecule has 5 heterocycles. The van der Waals surface area contributed by atoms with Gasteiger partial charge in [0.1, 0.15) is 22.4 Å². The maximum atomic E-state index is 14.0. The summed E-state index contributed by atoms with van der Waals surface area (Å²) >= 11 is 0. The Kier molecular flexibility index (Phi) is 5.71. The Morgan fingerprint density at radius 1 is 1.34 bits per heavy atom. The van der Waals surface area contributed by atoms with Gasteiger partial charge in [-0.2, -0.15) is 14.0 Å². The van der Waals surface area contributed by atoms with Crippen LogP contribution >= 0.6 is 0 Å². The first-order valence-corrected chi connectivity index (χ1v) is 13.0. The predicted molar refractivity (Wildman–Crippen MR) is 121 cm³/mol. The second-order valence-corrected chi connectivity index (χ2v) is 11.4. The lowest BCUT2D eigenvalue weighted by atomic mass is 9.88. The summed E-state index contributed by atoms with van der Waals surface area (Å²) in [4.78, 5) is 16.8. The van der Waals surface area contributed by atoms with Crippen molar-refractivity contribution in [1.82, 2.24) is 13.9 Å². The smallest absolute Gasteiger partial charge is 0.272 e. The van der Waals surface area contributed by atoms with Crippen LogP contribution in [0.5, 0.6) is 0 Å². The molecule has 2 aromatic heterocycles. The third kappa shape index (κ3) is 3.83. The average molecular weight is 504 g/mol. The molecule has 0 spiro atoms. The molecule has 2 unspecified atom stereocenters. The zero-order valence-electron chi connectivity index (χ0n) is 19.2. The van der Waals surface area contributed by atoms with Gasteiger partial charge in [-0.3, -0.25) is 4.79 Å². The molecule has 10 nitrogen and oxygen atoms in total. The molecule has 0 aromatic carbocycles. The first-order valence-electron chi connectivity index (χ1n) is 11.6. The molecule has 12 heteroatoms. The number of anilines is 1. The highest BCUT2D eigenvalue weighted by atomic mass is 32.2. The van der Waals surface area contributed by atoms with E-state index in [9.17, 15) is 27.8 Å². The summed E-state index contributed by atoms with van der Waals surface area (Å²) in [5.41, 5.74) is -0.368. The fraction of sp³-hybridized carbons (Fsp3) is 0.522. The summed E-state index contributed by atoms with van der Waals surface area (Å²) in [7, 11) is -3.99. The first kappa shape index (κ1) is 23.9. The number of rotatable bonds is 5. The Balaban J connectivity index is 1.53. The Labute approximate surface area is 202 Å². The zero-order chi connectivity index (χ0) is 25.1. The van der Waals surface area contributed by atoms with Gasteiger partial charge in [0.05, 0.1) is 12.2 Å². The summed E-state index contributed by atoms with van der Waals surface area (Å²) in [6.07, 6.45) is 2.70. The maximum absolute atomic E-state index is 14.0. The van der Waals surface area contributed by atoms with Crippen molar-refractivity contribution < 1.29 is 27.8 Å². The number of aliphatic hydroxyl groups is 2. The van der Waals surface area contributed by atoms with Crippen LogP contribution in [0.3, 0.4) is 0 Å². The van der Waals surface area contributed by atoms with Crippen molar-refractivity contribution in [2.45, 2.75) is 74.6 Å². The van der Waals surface area contributed by atoms with Gasteiger partial charge in [-0.1, -0.05) is 0 Å². The van der Waals surface area contributed by atoms with Crippen molar-refractivity contribution >= 4 is 21.6 Å². The molecule has 2 atom stereocenters. The van der Waals surface area contributed by atoms with E-state index in [2.05, 4.69) is 10.3 Å². The van der Waals surface area contributed by atoms with Crippen LogP contribution < -0.4 is 5.32 Å². The average Bonchev–Trinajstić information content (AvgIpc) is 3.44. The largest absolute Gasteiger partial charge is 0.393 e. The van der Waals surface area contributed by atoms with Crippen LogP contribution in [-0.4, -0.2) is 62.7 Å². The molecule has 0 aliphatic carbocycles. The van der Waals surface area contributed by atoms with Crippen molar-refractivity contribution in [3.63, 3.8) is 0 Å². The van der Waals surface area contributed by atoms with Gasteiger partial charge in [0.2, 0.25) is 16.0 Å². The van der Waals surface area contributed by atoms with Crippen molar-refractivity contribution in [3.8, 4) is 6.07 Å². The highest BCUT2D eigenvalue weighted by Crippen LogP contribution is 2.45. The minimum absolute atomic E-state index is 0.0498. The highest BCUT2D eigenvalue weighted by Gasteiger charge is 2.53. The van der Waals surface area contributed by atoms with Crippen LogP contribution in [0.2, 0.25) is 0 Å².